The second kappa shape index (κ2) is 3.64. The summed E-state index contributed by atoms with van der Waals surface area (Å²) in [6.07, 6.45) is 0. The van der Waals surface area contributed by atoms with Crippen LogP contribution in [0, 0.1) is 0 Å². The summed E-state index contributed by atoms with van der Waals surface area (Å²) < 4.78 is 1.23. The molecule has 12 heavy (non-hydrogen) atoms. The van der Waals surface area contributed by atoms with Gasteiger partial charge >= 0.3 is 0 Å². The van der Waals surface area contributed by atoms with Gasteiger partial charge in [0.05, 0.1) is 16.0 Å². The third-order valence-electron chi connectivity index (χ3n) is 1.52. The van der Waals surface area contributed by atoms with E-state index in [4.69, 9.17) is 10.7 Å². The van der Waals surface area contributed by atoms with Crippen molar-refractivity contribution in [2.45, 2.75) is 5.75 Å². The Hall–Kier alpha value is -0.250. The summed E-state index contributed by atoms with van der Waals surface area (Å²) in [5.41, 5.74) is 1.07. The van der Waals surface area contributed by atoms with Crippen molar-refractivity contribution in [3.63, 3.8) is 0 Å². The highest BCUT2D eigenvalue weighted by molar-refractivity contribution is 8.20. The molecule has 0 spiro atoms. The summed E-state index contributed by atoms with van der Waals surface area (Å²) >= 11 is 1.71. The van der Waals surface area contributed by atoms with E-state index >= 15 is 0 Å². The molecule has 0 N–H and O–H groups in total. The molecule has 2 rings (SSSR count). The second-order valence-corrected chi connectivity index (χ2v) is 4.61. The number of rotatable bonds is 2. The normalized spacial score (nSPS) is 10.8. The van der Waals surface area contributed by atoms with Crippen LogP contribution in [-0.2, 0) is 5.75 Å². The van der Waals surface area contributed by atoms with Crippen LogP contribution in [0.3, 0.4) is 0 Å². The minimum absolute atomic E-state index is 0.793. The molecule has 1 nitrogen and oxygen atoms in total. The zero-order chi connectivity index (χ0) is 8.39. The molecule has 1 aromatic heterocycles. The second-order valence-electron chi connectivity index (χ2n) is 2.33. The van der Waals surface area contributed by atoms with Crippen molar-refractivity contribution in [3.8, 4) is 0 Å². The predicted molar refractivity (Wildman–Crippen MR) is 56.8 cm³/mol. The highest BCUT2D eigenvalue weighted by Gasteiger charge is 2.01. The lowest BCUT2D eigenvalue weighted by molar-refractivity contribution is 1.32. The van der Waals surface area contributed by atoms with Gasteiger partial charge in [0.15, 0.2) is 0 Å². The summed E-state index contributed by atoms with van der Waals surface area (Å²) in [4.78, 5) is 4.42. The molecular weight excluding hydrogens is 210 g/mol. The molecule has 2 aromatic rings. The molecule has 0 saturated heterocycles. The molecule has 0 aliphatic rings. The van der Waals surface area contributed by atoms with Gasteiger partial charge in [-0.15, -0.1) is 11.3 Å². The molecule has 1 aromatic carbocycles. The molecule has 1 heterocycles. The van der Waals surface area contributed by atoms with Crippen molar-refractivity contribution >= 4 is 43.2 Å². The molecular formula is C8H6ClNS2. The Morgan fingerprint density at radius 2 is 2.25 bits per heavy atom. The fourth-order valence-electron chi connectivity index (χ4n) is 1.03. The first kappa shape index (κ1) is 8.35. The first-order chi connectivity index (χ1) is 5.90. The molecule has 0 aliphatic heterocycles. The summed E-state index contributed by atoms with van der Waals surface area (Å²) in [7, 11) is 6.84. The molecule has 0 radical (unpaired) electrons. The average molecular weight is 216 g/mol. The van der Waals surface area contributed by atoms with E-state index in [0.717, 1.165) is 16.3 Å². The van der Waals surface area contributed by atoms with Gasteiger partial charge in [-0.1, -0.05) is 12.1 Å². The Bertz CT molecular complexity index is 352. The summed E-state index contributed by atoms with van der Waals surface area (Å²) in [5, 5.41) is 1.09. The molecule has 0 fully saturated rings. The number of fused-ring (bicyclic) bond motifs is 1. The number of benzene rings is 1. The first-order valence-electron chi connectivity index (χ1n) is 3.48. The Morgan fingerprint density at radius 3 is 3.00 bits per heavy atom. The molecule has 0 aliphatic carbocycles. The third-order valence-corrected chi connectivity index (χ3v) is 3.45. The lowest BCUT2D eigenvalue weighted by Crippen LogP contribution is -1.72. The number of hydrogen-bond acceptors (Lipinski definition) is 3. The Balaban J connectivity index is 2.47. The first-order valence-corrected chi connectivity index (χ1v) is 6.11. The van der Waals surface area contributed by atoms with Crippen molar-refractivity contribution in [2.24, 2.45) is 0 Å². The Kier molecular flexibility index (Phi) is 2.54. The maximum atomic E-state index is 5.55. The fourth-order valence-corrected chi connectivity index (χ4v) is 2.87. The number of aromatic nitrogens is 1. The molecule has 0 unspecified atom stereocenters. The van der Waals surface area contributed by atoms with E-state index in [-0.39, 0.29) is 0 Å². The summed E-state index contributed by atoms with van der Waals surface area (Å²) in [6.45, 7) is 0. The average Bonchev–Trinajstić information content (AvgIpc) is 2.47. The molecule has 0 amide bonds. The van der Waals surface area contributed by atoms with Gasteiger partial charge in [-0.3, -0.25) is 0 Å². The van der Waals surface area contributed by atoms with Crippen LogP contribution in [0.15, 0.2) is 24.3 Å². The maximum Gasteiger partial charge on any atom is 0.105 e. The monoisotopic (exact) mass is 215 g/mol. The largest absolute Gasteiger partial charge is 0.240 e. The lowest BCUT2D eigenvalue weighted by atomic mass is 10.3. The van der Waals surface area contributed by atoms with E-state index < -0.39 is 0 Å². The van der Waals surface area contributed by atoms with E-state index in [1.165, 1.54) is 15.7 Å². The van der Waals surface area contributed by atoms with Gasteiger partial charge in [-0.05, 0) is 33.8 Å². The predicted octanol–water partition coefficient (Wildman–Crippen LogP) is 3.68. The highest BCUT2D eigenvalue weighted by atomic mass is 35.7. The van der Waals surface area contributed by atoms with Gasteiger partial charge in [0.1, 0.15) is 5.01 Å². The smallest absolute Gasteiger partial charge is 0.105 e. The van der Waals surface area contributed by atoms with Gasteiger partial charge in [0, 0.05) is 0 Å². The van der Waals surface area contributed by atoms with Crippen LogP contribution in [0.1, 0.15) is 5.01 Å². The van der Waals surface area contributed by atoms with Gasteiger partial charge in [0.25, 0.3) is 0 Å². The molecule has 0 atom stereocenters. The van der Waals surface area contributed by atoms with Gasteiger partial charge in [0.2, 0.25) is 0 Å². The SMILES string of the molecule is ClSCc1nc2ccccc2s1. The lowest BCUT2D eigenvalue weighted by Gasteiger charge is -1.83. The molecule has 0 saturated carbocycles. The van der Waals surface area contributed by atoms with E-state index in [9.17, 15) is 0 Å². The number of halogens is 1. The number of thiazole rings is 1. The quantitative estimate of drug-likeness (QED) is 0.758. The van der Waals surface area contributed by atoms with E-state index in [1.807, 2.05) is 18.2 Å². The van der Waals surface area contributed by atoms with Crippen LogP contribution in [-0.4, -0.2) is 4.98 Å². The minimum Gasteiger partial charge on any atom is -0.240 e. The van der Waals surface area contributed by atoms with Crippen molar-refractivity contribution in [1.29, 1.82) is 0 Å². The zero-order valence-electron chi connectivity index (χ0n) is 6.16. The van der Waals surface area contributed by atoms with Crippen LogP contribution in [0.25, 0.3) is 10.2 Å². The Morgan fingerprint density at radius 1 is 1.42 bits per heavy atom. The highest BCUT2D eigenvalue weighted by Crippen LogP contribution is 2.25. The molecule has 62 valence electrons. The minimum atomic E-state index is 0.793. The maximum absolute atomic E-state index is 5.55. The van der Waals surface area contributed by atoms with E-state index in [2.05, 4.69) is 11.1 Å². The van der Waals surface area contributed by atoms with Crippen LogP contribution in [0.4, 0.5) is 0 Å². The summed E-state index contributed by atoms with van der Waals surface area (Å²) in [6, 6.07) is 8.13. The van der Waals surface area contributed by atoms with Crippen molar-refractivity contribution in [3.05, 3.63) is 29.3 Å². The summed E-state index contributed by atoms with van der Waals surface area (Å²) in [5.74, 6) is 0.793. The Labute approximate surface area is 83.3 Å². The van der Waals surface area contributed by atoms with Gasteiger partial charge in [-0.25, -0.2) is 4.98 Å². The van der Waals surface area contributed by atoms with Crippen LogP contribution in [0.5, 0.6) is 0 Å². The van der Waals surface area contributed by atoms with Crippen molar-refractivity contribution in [2.75, 3.05) is 0 Å². The van der Waals surface area contributed by atoms with Gasteiger partial charge < -0.3 is 0 Å². The van der Waals surface area contributed by atoms with Crippen LogP contribution in [0.2, 0.25) is 0 Å². The number of hydrogen-bond donors (Lipinski definition) is 0. The molecule has 4 heteroatoms. The van der Waals surface area contributed by atoms with Crippen molar-refractivity contribution in [1.82, 2.24) is 4.98 Å². The number of para-hydroxylation sites is 1. The zero-order valence-corrected chi connectivity index (χ0v) is 8.55. The van der Waals surface area contributed by atoms with Gasteiger partial charge in [-0.2, -0.15) is 0 Å². The van der Waals surface area contributed by atoms with E-state index in [0.29, 0.717) is 0 Å². The fraction of sp³-hybridized carbons (Fsp3) is 0.125. The van der Waals surface area contributed by atoms with E-state index in [1.54, 1.807) is 11.3 Å². The standard InChI is InChI=1S/C8H6ClNS2/c9-11-5-8-10-6-3-1-2-4-7(6)12-8/h1-4H,5H2. The van der Waals surface area contributed by atoms with Crippen molar-refractivity contribution < 1.29 is 0 Å². The topological polar surface area (TPSA) is 12.9 Å². The molecule has 0 bridgehead atoms. The van der Waals surface area contributed by atoms with Crippen LogP contribution >= 0.6 is 33.0 Å². The number of nitrogens with zero attached hydrogens (tertiary/aromatic N) is 1. The van der Waals surface area contributed by atoms with Crippen LogP contribution < -0.4 is 0 Å². The third kappa shape index (κ3) is 1.58.